The van der Waals surface area contributed by atoms with E-state index >= 15 is 0 Å². The van der Waals surface area contributed by atoms with Crippen LogP contribution in [-0.2, 0) is 11.2 Å². The van der Waals surface area contributed by atoms with Crippen LogP contribution in [0.2, 0.25) is 0 Å². The number of para-hydroxylation sites is 1. The van der Waals surface area contributed by atoms with E-state index in [9.17, 15) is 9.18 Å². The number of hydrogen-bond acceptors (Lipinski definition) is 2. The number of halogens is 1. The summed E-state index contributed by atoms with van der Waals surface area (Å²) in [6.07, 6.45) is 1.15. The highest BCUT2D eigenvalue weighted by molar-refractivity contribution is 5.91. The molecule has 4 nitrogen and oxygen atoms in total. The molecule has 0 radical (unpaired) electrons. The van der Waals surface area contributed by atoms with Crippen molar-refractivity contribution in [2.45, 2.75) is 12.8 Å². The number of rotatable bonds is 4. The maximum atomic E-state index is 13.3. The number of piperazine rings is 1. The molecule has 27 heavy (non-hydrogen) atoms. The van der Waals surface area contributed by atoms with Gasteiger partial charge in [0.25, 0.3) is 0 Å². The zero-order valence-electron chi connectivity index (χ0n) is 15.5. The number of aryl methyl sites for hydroxylation is 1. The fourth-order valence-electron chi connectivity index (χ4n) is 3.77. The van der Waals surface area contributed by atoms with Crippen LogP contribution in [0.5, 0.6) is 0 Å². The summed E-state index contributed by atoms with van der Waals surface area (Å²) in [7, 11) is 2.09. The van der Waals surface area contributed by atoms with Crippen LogP contribution in [0.3, 0.4) is 0 Å². The van der Waals surface area contributed by atoms with Gasteiger partial charge in [0.15, 0.2) is 0 Å². The van der Waals surface area contributed by atoms with E-state index in [4.69, 9.17) is 0 Å². The van der Waals surface area contributed by atoms with Crippen molar-refractivity contribution in [1.82, 2.24) is 14.8 Å². The van der Waals surface area contributed by atoms with Gasteiger partial charge in [0.1, 0.15) is 5.82 Å². The van der Waals surface area contributed by atoms with E-state index in [1.807, 2.05) is 23.1 Å². The monoisotopic (exact) mass is 365 g/mol. The molecular weight excluding hydrogens is 341 g/mol. The van der Waals surface area contributed by atoms with Gasteiger partial charge in [0.05, 0.1) is 0 Å². The van der Waals surface area contributed by atoms with Crippen LogP contribution < -0.4 is 0 Å². The fraction of sp³-hybridized carbons (Fsp3) is 0.318. The maximum absolute atomic E-state index is 13.3. The highest BCUT2D eigenvalue weighted by Gasteiger charge is 2.20. The second-order valence-electron chi connectivity index (χ2n) is 7.22. The molecule has 0 unspecified atom stereocenters. The minimum absolute atomic E-state index is 0.207. The third-order valence-corrected chi connectivity index (χ3v) is 5.39. The van der Waals surface area contributed by atoms with Crippen molar-refractivity contribution in [3.63, 3.8) is 0 Å². The minimum atomic E-state index is -0.248. The Bertz CT molecular complexity index is 940. The number of H-pyrrole nitrogens is 1. The molecule has 1 aromatic heterocycles. The van der Waals surface area contributed by atoms with Crippen molar-refractivity contribution in [1.29, 1.82) is 0 Å². The van der Waals surface area contributed by atoms with Gasteiger partial charge in [-0.2, -0.15) is 0 Å². The number of fused-ring (bicyclic) bond motifs is 1. The Balaban J connectivity index is 1.59. The van der Waals surface area contributed by atoms with E-state index in [-0.39, 0.29) is 11.7 Å². The largest absolute Gasteiger partial charge is 0.354 e. The highest BCUT2D eigenvalue weighted by atomic mass is 19.1. The van der Waals surface area contributed by atoms with E-state index in [0.717, 1.165) is 53.9 Å². The van der Waals surface area contributed by atoms with Crippen molar-refractivity contribution >= 4 is 16.8 Å². The lowest BCUT2D eigenvalue weighted by atomic mass is 10.0. The first kappa shape index (κ1) is 17.7. The molecule has 4 rings (SSSR count). The molecule has 0 saturated carbocycles. The first-order valence-electron chi connectivity index (χ1n) is 9.43. The second-order valence-corrected chi connectivity index (χ2v) is 7.22. The van der Waals surface area contributed by atoms with Crippen molar-refractivity contribution in [2.75, 3.05) is 33.2 Å². The Labute approximate surface area is 158 Å². The maximum Gasteiger partial charge on any atom is 0.222 e. The minimum Gasteiger partial charge on any atom is -0.354 e. The molecule has 0 atom stereocenters. The number of aromatic nitrogens is 1. The summed E-state index contributed by atoms with van der Waals surface area (Å²) in [6, 6.07) is 14.6. The highest BCUT2D eigenvalue weighted by Crippen LogP contribution is 2.31. The van der Waals surface area contributed by atoms with Gasteiger partial charge in [-0.3, -0.25) is 4.79 Å². The molecule has 1 saturated heterocycles. The predicted molar refractivity (Wildman–Crippen MR) is 106 cm³/mol. The zero-order valence-corrected chi connectivity index (χ0v) is 15.5. The fourth-order valence-corrected chi connectivity index (χ4v) is 3.77. The number of aromatic amines is 1. The van der Waals surface area contributed by atoms with Crippen molar-refractivity contribution in [3.8, 4) is 11.3 Å². The molecule has 2 heterocycles. The predicted octanol–water partition coefficient (Wildman–Crippen LogP) is 3.68. The molecule has 1 aliphatic rings. The van der Waals surface area contributed by atoms with Crippen molar-refractivity contribution in [3.05, 3.63) is 59.9 Å². The summed E-state index contributed by atoms with van der Waals surface area (Å²) >= 11 is 0. The summed E-state index contributed by atoms with van der Waals surface area (Å²) in [5, 5.41) is 1.13. The van der Waals surface area contributed by atoms with Crippen molar-refractivity contribution < 1.29 is 9.18 Å². The van der Waals surface area contributed by atoms with Crippen LogP contribution in [0, 0.1) is 5.82 Å². The number of nitrogens with zero attached hydrogens (tertiary/aromatic N) is 2. The van der Waals surface area contributed by atoms with Crippen LogP contribution in [0.4, 0.5) is 4.39 Å². The number of benzene rings is 2. The molecular formula is C22H24FN3O. The molecule has 0 spiro atoms. The van der Waals surface area contributed by atoms with Gasteiger partial charge in [-0.1, -0.05) is 18.2 Å². The summed E-state index contributed by atoms with van der Waals surface area (Å²) in [4.78, 5) is 20.3. The van der Waals surface area contributed by atoms with E-state index in [0.29, 0.717) is 12.8 Å². The number of likely N-dealkylation sites (N-methyl/N-ethyl adjacent to an activating group) is 1. The lowest BCUT2D eigenvalue weighted by Crippen LogP contribution is -2.47. The molecule has 140 valence electrons. The lowest BCUT2D eigenvalue weighted by molar-refractivity contribution is -0.132. The Hall–Kier alpha value is -2.66. The summed E-state index contributed by atoms with van der Waals surface area (Å²) < 4.78 is 13.3. The van der Waals surface area contributed by atoms with Crippen molar-refractivity contribution in [2.24, 2.45) is 0 Å². The summed E-state index contributed by atoms with van der Waals surface area (Å²) in [5.74, 6) is -0.0416. The molecule has 0 aliphatic carbocycles. The number of carbonyl (C=O) groups excluding carboxylic acids is 1. The molecule has 3 aromatic rings. The molecule has 0 bridgehead atoms. The van der Waals surface area contributed by atoms with Gasteiger partial charge in [-0.15, -0.1) is 0 Å². The van der Waals surface area contributed by atoms with E-state index in [1.54, 1.807) is 12.1 Å². The van der Waals surface area contributed by atoms with Crippen LogP contribution in [0.15, 0.2) is 48.5 Å². The molecule has 1 fully saturated rings. The normalized spacial score (nSPS) is 15.4. The first-order valence-corrected chi connectivity index (χ1v) is 9.43. The van der Waals surface area contributed by atoms with Crippen LogP contribution in [0.25, 0.3) is 22.2 Å². The molecule has 1 aliphatic heterocycles. The average Bonchev–Trinajstić information content (AvgIpc) is 3.06. The molecule has 5 heteroatoms. The van der Waals surface area contributed by atoms with E-state index < -0.39 is 0 Å². The van der Waals surface area contributed by atoms with Gasteiger partial charge in [0, 0.05) is 49.2 Å². The molecule has 1 N–H and O–H groups in total. The standard InChI is InChI=1S/C22H24FN3O/c1-25-12-14-26(15-13-25)21(27)11-10-19-18-4-2-3-5-20(18)24-22(19)16-6-8-17(23)9-7-16/h2-9,24H,10-15H2,1H3. The average molecular weight is 365 g/mol. The van der Waals surface area contributed by atoms with E-state index in [2.05, 4.69) is 23.0 Å². The third-order valence-electron chi connectivity index (χ3n) is 5.39. The first-order chi connectivity index (χ1) is 13.1. The Kier molecular flexibility index (Phi) is 4.94. The van der Waals surface area contributed by atoms with Gasteiger partial charge in [0.2, 0.25) is 5.91 Å². The van der Waals surface area contributed by atoms with Gasteiger partial charge < -0.3 is 14.8 Å². The van der Waals surface area contributed by atoms with Gasteiger partial charge in [-0.05, 0) is 54.9 Å². The number of hydrogen-bond donors (Lipinski definition) is 1. The third kappa shape index (κ3) is 3.74. The Morgan fingerprint density at radius 1 is 1.04 bits per heavy atom. The van der Waals surface area contributed by atoms with E-state index in [1.165, 1.54) is 12.1 Å². The number of amides is 1. The van der Waals surface area contributed by atoms with Gasteiger partial charge in [-0.25, -0.2) is 4.39 Å². The molecule has 1 amide bonds. The van der Waals surface area contributed by atoms with Gasteiger partial charge >= 0.3 is 0 Å². The van der Waals surface area contributed by atoms with Crippen LogP contribution in [-0.4, -0.2) is 53.9 Å². The zero-order chi connectivity index (χ0) is 18.8. The Morgan fingerprint density at radius 3 is 2.48 bits per heavy atom. The number of carbonyl (C=O) groups is 1. The number of nitrogens with one attached hydrogen (secondary N) is 1. The SMILES string of the molecule is CN1CCN(C(=O)CCc2c(-c3ccc(F)cc3)[nH]c3ccccc23)CC1. The topological polar surface area (TPSA) is 39.3 Å². The van der Waals surface area contributed by atoms with Crippen LogP contribution in [0.1, 0.15) is 12.0 Å². The molecule has 2 aromatic carbocycles. The second kappa shape index (κ2) is 7.53. The summed E-state index contributed by atoms with van der Waals surface area (Å²) in [5.41, 5.74) is 4.08. The quantitative estimate of drug-likeness (QED) is 0.766. The van der Waals surface area contributed by atoms with Crippen LogP contribution >= 0.6 is 0 Å². The Morgan fingerprint density at radius 2 is 1.74 bits per heavy atom. The summed E-state index contributed by atoms with van der Waals surface area (Å²) in [6.45, 7) is 3.46. The lowest BCUT2D eigenvalue weighted by Gasteiger charge is -2.32. The smallest absolute Gasteiger partial charge is 0.222 e.